The van der Waals surface area contributed by atoms with Gasteiger partial charge in [-0.15, -0.1) is 0 Å². The van der Waals surface area contributed by atoms with Crippen LogP contribution in [-0.2, 0) is 4.74 Å². The van der Waals surface area contributed by atoms with E-state index in [0.717, 1.165) is 43.7 Å². The molecular weight excluding hydrogens is 629 g/mol. The molecule has 0 saturated heterocycles. The van der Waals surface area contributed by atoms with Crippen molar-refractivity contribution >= 4 is 0 Å². The number of rotatable bonds is 38. The number of hydrogen-bond acceptors (Lipinski definition) is 5. The van der Waals surface area contributed by atoms with Crippen molar-refractivity contribution < 1.29 is 14.2 Å². The van der Waals surface area contributed by atoms with Gasteiger partial charge in [-0.2, -0.15) is 0 Å². The second kappa shape index (κ2) is 32.2. The summed E-state index contributed by atoms with van der Waals surface area (Å²) < 4.78 is 19.7. The van der Waals surface area contributed by atoms with Crippen molar-refractivity contribution in [3.05, 3.63) is 24.3 Å². The molecule has 298 valence electrons. The largest absolute Gasteiger partial charge is 0.430 e. The van der Waals surface area contributed by atoms with Gasteiger partial charge in [0.1, 0.15) is 11.5 Å². The summed E-state index contributed by atoms with van der Waals surface area (Å²) in [5.74, 6) is 0.660. The van der Waals surface area contributed by atoms with Crippen LogP contribution in [0.1, 0.15) is 207 Å². The Morgan fingerprint density at radius 1 is 0.392 bits per heavy atom. The number of unbranched alkanes of at least 4 members (excludes halogenated alkanes) is 21. The lowest BCUT2D eigenvalue weighted by Crippen LogP contribution is -2.45. The van der Waals surface area contributed by atoms with E-state index < -0.39 is 5.97 Å². The zero-order chi connectivity index (χ0) is 36.5. The summed E-state index contributed by atoms with van der Waals surface area (Å²) in [7, 11) is 0. The quantitative estimate of drug-likeness (QED) is 0.0637. The van der Waals surface area contributed by atoms with Gasteiger partial charge in [-0.05, 0) is 108 Å². The summed E-state index contributed by atoms with van der Waals surface area (Å²) in [5.41, 5.74) is 0. The van der Waals surface area contributed by atoms with Crippen LogP contribution < -0.4 is 9.47 Å². The van der Waals surface area contributed by atoms with Crippen molar-refractivity contribution in [3.8, 4) is 11.5 Å². The average molecular weight is 715 g/mol. The summed E-state index contributed by atoms with van der Waals surface area (Å²) >= 11 is 0. The predicted octanol–water partition coefficient (Wildman–Crippen LogP) is 13.7. The van der Waals surface area contributed by atoms with Crippen LogP contribution in [0.25, 0.3) is 0 Å². The van der Waals surface area contributed by atoms with Crippen LogP contribution in [0.3, 0.4) is 0 Å². The summed E-state index contributed by atoms with van der Waals surface area (Å²) in [5, 5.41) is 0. The molecule has 0 fully saturated rings. The molecule has 2 aliphatic rings. The van der Waals surface area contributed by atoms with E-state index in [2.05, 4.69) is 37.5 Å². The molecular formula is C46H86N2O3. The van der Waals surface area contributed by atoms with Crippen LogP contribution in [0.4, 0.5) is 0 Å². The maximum absolute atomic E-state index is 6.64. The highest BCUT2D eigenvalue weighted by Gasteiger charge is 2.38. The Balaban J connectivity index is 1.86. The first-order valence-electron chi connectivity index (χ1n) is 22.7. The van der Waals surface area contributed by atoms with Crippen molar-refractivity contribution in [2.45, 2.75) is 213 Å². The molecule has 0 amide bonds. The van der Waals surface area contributed by atoms with Crippen LogP contribution in [0, 0.1) is 0 Å². The molecule has 3 rings (SSSR count). The minimum absolute atomic E-state index is 0.668. The van der Waals surface area contributed by atoms with Crippen molar-refractivity contribution in [3.63, 3.8) is 0 Å². The van der Waals surface area contributed by atoms with Gasteiger partial charge >= 0.3 is 5.97 Å². The standard InChI is InChI=1S/C46H86N2O3/c1-5-9-13-17-21-25-37-47(38-26-22-18-14-10-6-2)41-29-30-43-49-46(50-44-32-33-45(51-46)35-34-44)36-31-42-48(39-27-23-19-15-11-7-3)40-28-24-20-16-12-8-4/h32-35H,5-31,36-43H2,1-4H3. The molecule has 51 heavy (non-hydrogen) atoms. The van der Waals surface area contributed by atoms with Gasteiger partial charge in [0, 0.05) is 0 Å². The Bertz CT molecular complexity index is 821. The lowest BCUT2D eigenvalue weighted by atomic mass is 10.1. The molecule has 0 atom stereocenters. The molecule has 2 heterocycles. The van der Waals surface area contributed by atoms with Gasteiger partial charge in [0.05, 0.1) is 13.0 Å². The lowest BCUT2D eigenvalue weighted by Gasteiger charge is -2.33. The zero-order valence-corrected chi connectivity index (χ0v) is 34.7. The maximum atomic E-state index is 6.64. The summed E-state index contributed by atoms with van der Waals surface area (Å²) in [4.78, 5) is 5.47. The Morgan fingerprint density at radius 2 is 0.686 bits per heavy atom. The molecule has 5 heteroatoms. The Hall–Kier alpha value is -1.30. The first-order chi connectivity index (χ1) is 25.1. The first kappa shape index (κ1) is 45.9. The van der Waals surface area contributed by atoms with Crippen LogP contribution in [0.2, 0.25) is 0 Å². The second-order valence-corrected chi connectivity index (χ2v) is 15.8. The third-order valence-electron chi connectivity index (χ3n) is 10.8. The number of ether oxygens (including phenoxy) is 3. The van der Waals surface area contributed by atoms with Crippen LogP contribution >= 0.6 is 0 Å². The smallest absolute Gasteiger partial charge is 0.371 e. The Kier molecular flexibility index (Phi) is 28.9. The van der Waals surface area contributed by atoms with Gasteiger partial charge < -0.3 is 24.0 Å². The summed E-state index contributed by atoms with van der Waals surface area (Å²) in [6, 6.07) is 8.08. The molecule has 0 spiro atoms. The Labute approximate surface area is 318 Å². The summed E-state index contributed by atoms with van der Waals surface area (Å²) in [6.45, 7) is 17.1. The Morgan fingerprint density at radius 3 is 1.04 bits per heavy atom. The fourth-order valence-corrected chi connectivity index (χ4v) is 7.51. The molecule has 2 bridgehead atoms. The molecule has 0 aromatic heterocycles. The normalized spacial score (nSPS) is 13.6. The van der Waals surface area contributed by atoms with Crippen molar-refractivity contribution in [2.24, 2.45) is 0 Å². The van der Waals surface area contributed by atoms with E-state index >= 15 is 0 Å². The molecule has 0 unspecified atom stereocenters. The van der Waals surface area contributed by atoms with Crippen LogP contribution in [0.15, 0.2) is 24.3 Å². The molecule has 2 aliphatic heterocycles. The predicted molar refractivity (Wildman–Crippen MR) is 221 cm³/mol. The second-order valence-electron chi connectivity index (χ2n) is 15.8. The number of benzene rings is 1. The maximum Gasteiger partial charge on any atom is 0.371 e. The molecule has 5 nitrogen and oxygen atoms in total. The highest BCUT2D eigenvalue weighted by Crippen LogP contribution is 2.34. The van der Waals surface area contributed by atoms with Gasteiger partial charge in [-0.1, -0.05) is 156 Å². The van der Waals surface area contributed by atoms with Gasteiger partial charge in [0.15, 0.2) is 0 Å². The highest BCUT2D eigenvalue weighted by atomic mass is 16.9. The van der Waals surface area contributed by atoms with E-state index in [1.165, 1.54) is 187 Å². The minimum atomic E-state index is -1.03. The van der Waals surface area contributed by atoms with E-state index in [1.54, 1.807) is 0 Å². The van der Waals surface area contributed by atoms with Crippen LogP contribution in [0.5, 0.6) is 11.5 Å². The number of fused-ring (bicyclic) bond motifs is 4. The highest BCUT2D eigenvalue weighted by molar-refractivity contribution is 5.33. The average Bonchev–Trinajstić information content (AvgIpc) is 3.42. The fraction of sp³-hybridized carbons (Fsp3) is 0.870. The molecule has 1 aromatic rings. The fourth-order valence-electron chi connectivity index (χ4n) is 7.51. The van der Waals surface area contributed by atoms with Gasteiger partial charge in [0.2, 0.25) is 0 Å². The van der Waals surface area contributed by atoms with Gasteiger partial charge in [-0.3, -0.25) is 0 Å². The molecule has 1 aromatic carbocycles. The van der Waals surface area contributed by atoms with E-state index in [9.17, 15) is 0 Å². The van der Waals surface area contributed by atoms with E-state index in [4.69, 9.17) is 14.2 Å². The van der Waals surface area contributed by atoms with E-state index in [-0.39, 0.29) is 0 Å². The third kappa shape index (κ3) is 23.9. The lowest BCUT2D eigenvalue weighted by molar-refractivity contribution is -0.304. The van der Waals surface area contributed by atoms with E-state index in [0.29, 0.717) is 6.61 Å². The van der Waals surface area contributed by atoms with Crippen molar-refractivity contribution in [2.75, 3.05) is 45.9 Å². The first-order valence-corrected chi connectivity index (χ1v) is 22.7. The van der Waals surface area contributed by atoms with Crippen LogP contribution in [-0.4, -0.2) is 61.6 Å². The molecule has 0 saturated carbocycles. The number of hydrogen-bond donors (Lipinski definition) is 0. The summed E-state index contributed by atoms with van der Waals surface area (Å²) in [6.07, 6.45) is 36.7. The zero-order valence-electron chi connectivity index (χ0n) is 34.7. The van der Waals surface area contributed by atoms with Crippen molar-refractivity contribution in [1.29, 1.82) is 0 Å². The van der Waals surface area contributed by atoms with Gasteiger partial charge in [-0.25, -0.2) is 0 Å². The molecule has 0 radical (unpaired) electrons. The monoisotopic (exact) mass is 715 g/mol. The van der Waals surface area contributed by atoms with Crippen molar-refractivity contribution in [1.82, 2.24) is 9.80 Å². The minimum Gasteiger partial charge on any atom is -0.430 e. The van der Waals surface area contributed by atoms with Gasteiger partial charge in [0.25, 0.3) is 0 Å². The van der Waals surface area contributed by atoms with E-state index in [1.807, 2.05) is 24.3 Å². The SMILES string of the molecule is CCCCCCCCN(CCCCCCCC)CCCCOC1(CCCN(CCCCCCCC)CCCCCCCC)Oc2ccc(cc2)O1. The molecule has 0 aliphatic carbocycles. The molecule has 0 N–H and O–H groups in total. The topological polar surface area (TPSA) is 34.2 Å². The number of nitrogens with zero attached hydrogens (tertiary/aromatic N) is 2. The third-order valence-corrected chi connectivity index (χ3v) is 10.8.